The van der Waals surface area contributed by atoms with E-state index in [4.69, 9.17) is 5.11 Å². The minimum Gasteiger partial charge on any atom is -0.481 e. The van der Waals surface area contributed by atoms with Crippen molar-refractivity contribution in [3.8, 4) is 0 Å². The van der Waals surface area contributed by atoms with Gasteiger partial charge in [-0.15, -0.1) is 0 Å². The number of carboxylic acid groups (broad SMARTS) is 1. The van der Waals surface area contributed by atoms with E-state index < -0.39 is 16.2 Å². The van der Waals surface area contributed by atoms with Crippen LogP contribution >= 0.6 is 0 Å². The molecule has 0 saturated carbocycles. The van der Waals surface area contributed by atoms with Crippen molar-refractivity contribution in [1.82, 2.24) is 9.03 Å². The van der Waals surface area contributed by atoms with Crippen LogP contribution in [0.4, 0.5) is 0 Å². The summed E-state index contributed by atoms with van der Waals surface area (Å²) in [6, 6.07) is -0.103. The van der Waals surface area contributed by atoms with Crippen LogP contribution in [0.15, 0.2) is 0 Å². The van der Waals surface area contributed by atoms with Crippen LogP contribution in [0.25, 0.3) is 0 Å². The molecule has 1 aliphatic rings. The van der Waals surface area contributed by atoms with E-state index in [0.717, 1.165) is 0 Å². The summed E-state index contributed by atoms with van der Waals surface area (Å²) in [4.78, 5) is 10.6. The van der Waals surface area contributed by atoms with Gasteiger partial charge in [0.25, 0.3) is 10.2 Å². The second-order valence-electron chi connectivity index (χ2n) is 4.14. The van der Waals surface area contributed by atoms with Crippen molar-refractivity contribution in [3.63, 3.8) is 0 Å². The molecule has 2 unspecified atom stereocenters. The zero-order valence-electron chi connectivity index (χ0n) is 9.51. The molecule has 1 aliphatic heterocycles. The van der Waals surface area contributed by atoms with E-state index in [-0.39, 0.29) is 31.5 Å². The van der Waals surface area contributed by atoms with Gasteiger partial charge in [0.05, 0.1) is 6.42 Å². The van der Waals surface area contributed by atoms with Crippen molar-refractivity contribution in [3.05, 3.63) is 0 Å². The van der Waals surface area contributed by atoms with Gasteiger partial charge in [-0.1, -0.05) is 6.92 Å². The molecule has 1 fully saturated rings. The van der Waals surface area contributed by atoms with Gasteiger partial charge in [0.1, 0.15) is 0 Å². The topological polar surface area (TPSA) is 86.7 Å². The third-order valence-electron chi connectivity index (χ3n) is 2.85. The molecular formula is C9H18N2O4S. The highest BCUT2D eigenvalue weighted by Gasteiger charge is 2.34. The normalized spacial score (nSPS) is 27.5. The summed E-state index contributed by atoms with van der Waals surface area (Å²) in [5, 5.41) is 8.68. The van der Waals surface area contributed by atoms with Crippen LogP contribution in [0.3, 0.4) is 0 Å². The number of hydrogen-bond acceptors (Lipinski definition) is 3. The zero-order valence-corrected chi connectivity index (χ0v) is 10.3. The zero-order chi connectivity index (χ0) is 12.3. The molecule has 0 aromatic carbocycles. The van der Waals surface area contributed by atoms with E-state index in [9.17, 15) is 13.2 Å². The fourth-order valence-corrected chi connectivity index (χ4v) is 3.37. The van der Waals surface area contributed by atoms with Crippen molar-refractivity contribution in [2.45, 2.75) is 32.7 Å². The predicted octanol–water partition coefficient (Wildman–Crippen LogP) is 0.0258. The van der Waals surface area contributed by atoms with E-state index in [1.54, 1.807) is 0 Å². The number of aliphatic carboxylic acids is 1. The Morgan fingerprint density at radius 1 is 1.62 bits per heavy atom. The fraction of sp³-hybridized carbons (Fsp3) is 0.889. The number of rotatable bonds is 4. The lowest BCUT2D eigenvalue weighted by Crippen LogP contribution is -2.54. The lowest BCUT2D eigenvalue weighted by atomic mass is 10.1. The van der Waals surface area contributed by atoms with Crippen molar-refractivity contribution >= 4 is 16.2 Å². The summed E-state index contributed by atoms with van der Waals surface area (Å²) in [5.41, 5.74) is 0. The molecule has 94 valence electrons. The van der Waals surface area contributed by atoms with Crippen LogP contribution < -0.4 is 4.72 Å². The SMILES string of the molecule is CCC(C)N1CC(CC(=O)O)CNS1(=O)=O. The van der Waals surface area contributed by atoms with Gasteiger partial charge < -0.3 is 5.11 Å². The quantitative estimate of drug-likeness (QED) is 0.736. The fourth-order valence-electron chi connectivity index (χ4n) is 1.73. The van der Waals surface area contributed by atoms with Crippen LogP contribution in [0.1, 0.15) is 26.7 Å². The molecule has 6 nitrogen and oxygen atoms in total. The summed E-state index contributed by atoms with van der Waals surface area (Å²) >= 11 is 0. The Labute approximate surface area is 95.8 Å². The monoisotopic (exact) mass is 250 g/mol. The molecule has 0 bridgehead atoms. The maximum absolute atomic E-state index is 11.7. The summed E-state index contributed by atoms with van der Waals surface area (Å²) in [6.45, 7) is 4.22. The Morgan fingerprint density at radius 3 is 2.75 bits per heavy atom. The van der Waals surface area contributed by atoms with Crippen LogP contribution in [0.5, 0.6) is 0 Å². The molecule has 2 atom stereocenters. The molecule has 0 amide bonds. The van der Waals surface area contributed by atoms with Crippen LogP contribution in [-0.4, -0.2) is 42.9 Å². The van der Waals surface area contributed by atoms with Gasteiger partial charge in [-0.2, -0.15) is 12.7 Å². The van der Waals surface area contributed by atoms with E-state index in [0.29, 0.717) is 6.42 Å². The van der Waals surface area contributed by atoms with E-state index in [1.807, 2.05) is 13.8 Å². The van der Waals surface area contributed by atoms with E-state index >= 15 is 0 Å². The summed E-state index contributed by atoms with van der Waals surface area (Å²) in [5.74, 6) is -1.05. The molecule has 1 rings (SSSR count). The number of nitrogens with zero attached hydrogens (tertiary/aromatic N) is 1. The van der Waals surface area contributed by atoms with Crippen LogP contribution in [-0.2, 0) is 15.0 Å². The number of carboxylic acids is 1. The van der Waals surface area contributed by atoms with Crippen molar-refractivity contribution in [1.29, 1.82) is 0 Å². The molecule has 7 heteroatoms. The minimum absolute atomic E-state index is 0.00451. The number of carbonyl (C=O) groups is 1. The number of nitrogens with one attached hydrogen (secondary N) is 1. The highest BCUT2D eigenvalue weighted by atomic mass is 32.2. The first-order valence-corrected chi connectivity index (χ1v) is 6.79. The van der Waals surface area contributed by atoms with Crippen molar-refractivity contribution in [2.75, 3.05) is 13.1 Å². The first-order chi connectivity index (χ1) is 7.36. The standard InChI is InChI=1S/C9H18N2O4S/c1-3-7(2)11-6-8(4-9(12)13)5-10-16(11,14)15/h7-8,10H,3-6H2,1-2H3,(H,12,13). The maximum Gasteiger partial charge on any atom is 0.303 e. The van der Waals surface area contributed by atoms with E-state index in [1.165, 1.54) is 4.31 Å². The molecule has 0 aliphatic carbocycles. The minimum atomic E-state index is -3.41. The lowest BCUT2D eigenvalue weighted by molar-refractivity contribution is -0.138. The summed E-state index contributed by atoms with van der Waals surface area (Å²) in [7, 11) is -3.41. The smallest absolute Gasteiger partial charge is 0.303 e. The Morgan fingerprint density at radius 2 is 2.25 bits per heavy atom. The Kier molecular flexibility index (Phi) is 4.28. The maximum atomic E-state index is 11.7. The van der Waals surface area contributed by atoms with Crippen LogP contribution in [0.2, 0.25) is 0 Å². The molecule has 16 heavy (non-hydrogen) atoms. The largest absolute Gasteiger partial charge is 0.481 e. The molecular weight excluding hydrogens is 232 g/mol. The van der Waals surface area contributed by atoms with Gasteiger partial charge in [-0.25, -0.2) is 4.72 Å². The predicted molar refractivity (Wildman–Crippen MR) is 59.1 cm³/mol. The van der Waals surface area contributed by atoms with Gasteiger partial charge in [0.15, 0.2) is 0 Å². The first-order valence-electron chi connectivity index (χ1n) is 5.35. The molecule has 0 radical (unpaired) electrons. The van der Waals surface area contributed by atoms with Crippen LogP contribution in [0, 0.1) is 5.92 Å². The van der Waals surface area contributed by atoms with E-state index in [2.05, 4.69) is 4.72 Å². The van der Waals surface area contributed by atoms with Gasteiger partial charge in [0.2, 0.25) is 0 Å². The molecule has 2 N–H and O–H groups in total. The molecule has 1 heterocycles. The second kappa shape index (κ2) is 5.11. The average molecular weight is 250 g/mol. The van der Waals surface area contributed by atoms with Gasteiger partial charge in [-0.05, 0) is 19.3 Å². The highest BCUT2D eigenvalue weighted by Crippen LogP contribution is 2.18. The third kappa shape index (κ3) is 3.16. The number of hydrogen-bond donors (Lipinski definition) is 2. The van der Waals surface area contributed by atoms with Gasteiger partial charge >= 0.3 is 5.97 Å². The Bertz CT molecular complexity index is 355. The first kappa shape index (κ1) is 13.4. The molecule has 0 aromatic heterocycles. The Balaban J connectivity index is 2.74. The molecule has 0 spiro atoms. The Hall–Kier alpha value is -0.660. The molecule has 0 aromatic rings. The van der Waals surface area contributed by atoms with Crippen molar-refractivity contribution < 1.29 is 18.3 Å². The lowest BCUT2D eigenvalue weighted by Gasteiger charge is -2.35. The van der Waals surface area contributed by atoms with Gasteiger partial charge in [-0.3, -0.25) is 4.79 Å². The summed E-state index contributed by atoms with van der Waals surface area (Å²) < 4.78 is 27.1. The van der Waals surface area contributed by atoms with Crippen molar-refractivity contribution in [2.24, 2.45) is 5.92 Å². The highest BCUT2D eigenvalue weighted by molar-refractivity contribution is 7.87. The third-order valence-corrected chi connectivity index (χ3v) is 4.50. The summed E-state index contributed by atoms with van der Waals surface area (Å²) in [6.07, 6.45) is 0.705. The average Bonchev–Trinajstić information content (AvgIpc) is 2.19. The van der Waals surface area contributed by atoms with Gasteiger partial charge in [0, 0.05) is 19.1 Å². The second-order valence-corrected chi connectivity index (χ2v) is 5.85. The molecule has 1 saturated heterocycles.